The van der Waals surface area contributed by atoms with Crippen LogP contribution in [0.5, 0.6) is 0 Å². The molecule has 0 aromatic heterocycles. The van der Waals surface area contributed by atoms with E-state index in [0.717, 1.165) is 11.1 Å². The lowest BCUT2D eigenvalue weighted by Crippen LogP contribution is -2.26. The van der Waals surface area contributed by atoms with E-state index in [0.29, 0.717) is 19.8 Å². The fourth-order valence-electron chi connectivity index (χ4n) is 2.55. The predicted octanol–water partition coefficient (Wildman–Crippen LogP) is 6.16. The molecule has 0 spiro atoms. The normalized spacial score (nSPS) is 14.8. The van der Waals surface area contributed by atoms with Gasteiger partial charge in [0.05, 0.1) is 38.3 Å². The van der Waals surface area contributed by atoms with Gasteiger partial charge in [0.25, 0.3) is 14.2 Å². The van der Waals surface area contributed by atoms with Gasteiger partial charge in [-0.15, -0.1) is 0 Å². The number of hydrogen-bond donors (Lipinski definition) is 2. The lowest BCUT2D eigenvalue weighted by Gasteiger charge is -2.17. The second-order valence-corrected chi connectivity index (χ2v) is 14.9. The summed E-state index contributed by atoms with van der Waals surface area (Å²) >= 11 is 5.42. The molecule has 0 aliphatic carbocycles. The molecule has 0 fully saturated rings. The summed E-state index contributed by atoms with van der Waals surface area (Å²) < 4.78 is 38.3. The van der Waals surface area contributed by atoms with E-state index in [4.69, 9.17) is 30.8 Å². The average molecular weight is 651 g/mol. The maximum atomic E-state index is 12.2. The van der Waals surface area contributed by atoms with Gasteiger partial charge in [-0.3, -0.25) is 18.8 Å². The van der Waals surface area contributed by atoms with E-state index >= 15 is 0 Å². The Bertz CT molecular complexity index is 1110. The summed E-state index contributed by atoms with van der Waals surface area (Å²) in [6.45, 7) is 8.77. The molecule has 3 N–H and O–H groups in total. The van der Waals surface area contributed by atoms with Crippen LogP contribution in [-0.4, -0.2) is 51.6 Å². The standard InChI is InChI=1S/C14H22NO4P.C8H10ClO2P.C6H13NO3/c1-4-18-14(16)12(2)10-15-20(3,17)19-11-13-8-6-5-7-9-13;1-12(9,10)11-7-8-5-3-2-4-6-8;1-3-9-10-6(8)5(2)4-7/h5-9,12H,4,10-11H2,1-3H3,(H,15,17);2-6H,7H2,1H3;5H,3-4,7H2,1-2H3. The van der Waals surface area contributed by atoms with Crippen LogP contribution in [0.4, 0.5) is 0 Å². The van der Waals surface area contributed by atoms with Crippen LogP contribution in [0, 0.1) is 11.8 Å². The molecule has 11 nitrogen and oxygen atoms in total. The Balaban J connectivity index is 0.000000652. The van der Waals surface area contributed by atoms with E-state index in [1.807, 2.05) is 60.7 Å². The number of halogens is 1. The lowest BCUT2D eigenvalue weighted by atomic mass is 10.2. The fraction of sp³-hybridized carbons (Fsp3) is 0.500. The van der Waals surface area contributed by atoms with Crippen molar-refractivity contribution < 1.29 is 42.3 Å². The molecule has 2 aromatic rings. The van der Waals surface area contributed by atoms with Gasteiger partial charge in [0, 0.05) is 26.4 Å². The van der Waals surface area contributed by atoms with Crippen molar-refractivity contribution >= 4 is 37.4 Å². The average Bonchev–Trinajstić information content (AvgIpc) is 2.97. The van der Waals surface area contributed by atoms with Crippen molar-refractivity contribution in [2.24, 2.45) is 17.6 Å². The Morgan fingerprint density at radius 1 is 0.833 bits per heavy atom. The molecule has 0 radical (unpaired) electrons. The van der Waals surface area contributed by atoms with Crippen LogP contribution in [0.1, 0.15) is 38.8 Å². The number of benzene rings is 2. The molecule has 14 heteroatoms. The molecule has 42 heavy (non-hydrogen) atoms. The van der Waals surface area contributed by atoms with Gasteiger partial charge in [0.15, 0.2) is 0 Å². The third kappa shape index (κ3) is 21.6. The first-order valence-corrected chi connectivity index (χ1v) is 18.5. The summed E-state index contributed by atoms with van der Waals surface area (Å²) in [7, 11) is -2.93. The third-order valence-electron chi connectivity index (χ3n) is 5.01. The summed E-state index contributed by atoms with van der Waals surface area (Å²) in [6, 6.07) is 19.0. The molecular weight excluding hydrogens is 606 g/mol. The molecule has 238 valence electrons. The van der Waals surface area contributed by atoms with Crippen LogP contribution < -0.4 is 10.8 Å². The molecule has 0 aliphatic heterocycles. The molecule has 0 heterocycles. The van der Waals surface area contributed by atoms with Gasteiger partial charge >= 0.3 is 11.9 Å². The van der Waals surface area contributed by atoms with Crippen LogP contribution in [0.3, 0.4) is 0 Å². The van der Waals surface area contributed by atoms with Gasteiger partial charge in [-0.2, -0.15) is 4.89 Å². The van der Waals surface area contributed by atoms with Gasteiger partial charge in [-0.1, -0.05) is 74.5 Å². The minimum absolute atomic E-state index is 0.265. The number of hydrogen-bond acceptors (Lipinski definition) is 10. The molecule has 4 atom stereocenters. The molecule has 2 aromatic carbocycles. The summed E-state index contributed by atoms with van der Waals surface area (Å²) in [5.74, 6) is -1.36. The predicted molar refractivity (Wildman–Crippen MR) is 165 cm³/mol. The monoisotopic (exact) mass is 650 g/mol. The minimum atomic E-state index is -2.93. The minimum Gasteiger partial charge on any atom is -0.466 e. The largest absolute Gasteiger partial charge is 0.466 e. The highest BCUT2D eigenvalue weighted by molar-refractivity contribution is 7.84. The van der Waals surface area contributed by atoms with Gasteiger partial charge in [-0.25, -0.2) is 9.88 Å². The van der Waals surface area contributed by atoms with Crippen LogP contribution in [0.2, 0.25) is 0 Å². The third-order valence-corrected chi connectivity index (χ3v) is 7.28. The van der Waals surface area contributed by atoms with E-state index in [2.05, 4.69) is 14.9 Å². The van der Waals surface area contributed by atoms with Gasteiger partial charge < -0.3 is 19.5 Å². The number of nitrogens with two attached hydrogens (primary N) is 1. The Kier molecular flexibility index (Phi) is 21.4. The van der Waals surface area contributed by atoms with Crippen LogP contribution >= 0.6 is 25.5 Å². The van der Waals surface area contributed by atoms with Crippen molar-refractivity contribution in [3.63, 3.8) is 0 Å². The first-order chi connectivity index (χ1) is 19.7. The van der Waals surface area contributed by atoms with E-state index < -0.39 is 20.2 Å². The van der Waals surface area contributed by atoms with Crippen molar-refractivity contribution in [1.82, 2.24) is 5.09 Å². The fourth-order valence-corrected chi connectivity index (χ4v) is 4.17. The highest BCUT2D eigenvalue weighted by atomic mass is 35.7. The van der Waals surface area contributed by atoms with Crippen molar-refractivity contribution in [2.45, 2.75) is 40.9 Å². The van der Waals surface area contributed by atoms with Crippen LogP contribution in [-0.2, 0) is 55.5 Å². The molecule has 0 saturated carbocycles. The Labute approximate surface area is 254 Å². The van der Waals surface area contributed by atoms with Gasteiger partial charge in [-0.05, 0) is 36.2 Å². The van der Waals surface area contributed by atoms with E-state index in [9.17, 15) is 18.7 Å². The maximum absolute atomic E-state index is 12.2. The highest BCUT2D eigenvalue weighted by Gasteiger charge is 2.20. The molecule has 0 bridgehead atoms. The van der Waals surface area contributed by atoms with Crippen molar-refractivity contribution in [3.05, 3.63) is 71.8 Å². The SMILES string of the molecule is CCOC(=O)C(C)CNP(C)(=O)OCc1ccccc1.CCOOC(=O)C(C)CN.CP(=O)(Cl)OCc1ccccc1. The van der Waals surface area contributed by atoms with Gasteiger partial charge in [0.1, 0.15) is 0 Å². The van der Waals surface area contributed by atoms with Crippen molar-refractivity contribution in [3.8, 4) is 0 Å². The van der Waals surface area contributed by atoms with Gasteiger partial charge in [0.2, 0.25) is 0 Å². The topological polar surface area (TPSA) is 152 Å². The molecule has 0 aliphatic rings. The maximum Gasteiger partial charge on any atom is 0.346 e. The Morgan fingerprint density at radius 3 is 1.76 bits per heavy atom. The zero-order valence-electron chi connectivity index (χ0n) is 25.2. The number of carbonyl (C=O) groups is 2. The summed E-state index contributed by atoms with van der Waals surface area (Å²) in [5.41, 5.74) is 7.11. The lowest BCUT2D eigenvalue weighted by molar-refractivity contribution is -0.272. The van der Waals surface area contributed by atoms with E-state index in [1.54, 1.807) is 27.7 Å². The Hall–Kier alpha value is -2.07. The molecule has 0 amide bonds. The number of esters is 1. The van der Waals surface area contributed by atoms with Crippen molar-refractivity contribution in [1.29, 1.82) is 0 Å². The van der Waals surface area contributed by atoms with Crippen LogP contribution in [0.25, 0.3) is 0 Å². The van der Waals surface area contributed by atoms with Crippen molar-refractivity contribution in [2.75, 3.05) is 39.6 Å². The number of carbonyl (C=O) groups excluding carboxylic acids is 2. The summed E-state index contributed by atoms with van der Waals surface area (Å²) in [6.07, 6.45) is 0. The molecule has 2 rings (SSSR count). The first-order valence-electron chi connectivity index (χ1n) is 13.4. The highest BCUT2D eigenvalue weighted by Crippen LogP contribution is 2.48. The smallest absolute Gasteiger partial charge is 0.346 e. The molecular formula is C28H45ClN2O9P2. The second-order valence-electron chi connectivity index (χ2n) is 9.07. The first kappa shape index (κ1) is 39.9. The summed E-state index contributed by atoms with van der Waals surface area (Å²) in [4.78, 5) is 30.9. The molecule has 0 saturated heterocycles. The summed E-state index contributed by atoms with van der Waals surface area (Å²) in [5, 5.41) is 2.80. The number of ether oxygens (including phenoxy) is 1. The molecule has 4 unspecified atom stereocenters. The van der Waals surface area contributed by atoms with Crippen LogP contribution in [0.15, 0.2) is 60.7 Å². The number of nitrogens with one attached hydrogen (secondary N) is 1. The zero-order chi connectivity index (χ0) is 32.0. The Morgan fingerprint density at radius 2 is 1.33 bits per heavy atom. The number of rotatable bonds is 15. The zero-order valence-corrected chi connectivity index (χ0v) is 27.7. The van der Waals surface area contributed by atoms with E-state index in [1.165, 1.54) is 13.3 Å². The quantitative estimate of drug-likeness (QED) is 0.0987. The second kappa shape index (κ2) is 22.5. The van der Waals surface area contributed by atoms with E-state index in [-0.39, 0.29) is 37.5 Å².